The molecular formula is C24H17NO7. The number of methoxy groups -OCH3 is 1. The maximum absolute atomic E-state index is 12.7. The van der Waals surface area contributed by atoms with Crippen LogP contribution in [0.3, 0.4) is 0 Å². The molecule has 0 saturated carbocycles. The molecule has 0 unspecified atom stereocenters. The SMILES string of the molecule is COc1cccc(C(=O)Oc2ccc3c(c2C)O/C(=C\c2ccc([N+](=O)[O-])cc2)C3=O)c1. The number of benzene rings is 3. The average Bonchev–Trinajstić information content (AvgIpc) is 3.12. The topological polar surface area (TPSA) is 105 Å². The molecule has 0 spiro atoms. The first-order valence-corrected chi connectivity index (χ1v) is 9.56. The molecule has 0 bridgehead atoms. The Morgan fingerprint density at radius 1 is 1.09 bits per heavy atom. The Kier molecular flexibility index (Phi) is 5.43. The van der Waals surface area contributed by atoms with Gasteiger partial charge in [-0.25, -0.2) is 4.79 Å². The van der Waals surface area contributed by atoms with Crippen molar-refractivity contribution >= 4 is 23.5 Å². The number of nitro benzene ring substituents is 1. The number of Topliss-reactive ketones (excluding diaryl/α,β-unsaturated/α-hetero) is 1. The lowest BCUT2D eigenvalue weighted by atomic mass is 10.1. The van der Waals surface area contributed by atoms with E-state index >= 15 is 0 Å². The molecule has 1 aliphatic rings. The number of carbonyl (C=O) groups excluding carboxylic acids is 2. The standard InChI is InChI=1S/C24H17NO7/c1-14-20(32-24(27)16-4-3-5-18(13-16)30-2)11-10-19-22(26)21(31-23(14)19)12-15-6-8-17(9-7-15)25(28)29/h3-13H,1-2H3/b21-12-. The summed E-state index contributed by atoms with van der Waals surface area (Å²) in [5.74, 6) is 0.276. The number of non-ortho nitro benzene ring substituents is 1. The molecule has 0 fully saturated rings. The monoisotopic (exact) mass is 431 g/mol. The molecule has 4 rings (SSSR count). The fraction of sp³-hybridized carbons (Fsp3) is 0.0833. The molecule has 3 aromatic rings. The van der Waals surface area contributed by atoms with E-state index < -0.39 is 10.9 Å². The zero-order valence-electron chi connectivity index (χ0n) is 17.2. The number of rotatable bonds is 5. The van der Waals surface area contributed by atoms with Crippen LogP contribution in [0.15, 0.2) is 66.4 Å². The highest BCUT2D eigenvalue weighted by atomic mass is 16.6. The van der Waals surface area contributed by atoms with Gasteiger partial charge in [-0.1, -0.05) is 6.07 Å². The van der Waals surface area contributed by atoms with E-state index in [1.807, 2.05) is 0 Å². The largest absolute Gasteiger partial charge is 0.497 e. The summed E-state index contributed by atoms with van der Waals surface area (Å²) in [5, 5.41) is 10.8. The van der Waals surface area contributed by atoms with Crippen molar-refractivity contribution in [2.24, 2.45) is 0 Å². The van der Waals surface area contributed by atoms with Gasteiger partial charge in [0.1, 0.15) is 17.2 Å². The van der Waals surface area contributed by atoms with Gasteiger partial charge in [0.25, 0.3) is 5.69 Å². The van der Waals surface area contributed by atoms with Crippen molar-refractivity contribution < 1.29 is 28.7 Å². The number of ketones is 1. The minimum atomic E-state index is -0.571. The predicted octanol–water partition coefficient (Wildman–Crippen LogP) is 4.75. The third kappa shape index (κ3) is 3.93. The highest BCUT2D eigenvalue weighted by molar-refractivity contribution is 6.15. The van der Waals surface area contributed by atoms with Crippen LogP contribution in [-0.2, 0) is 0 Å². The van der Waals surface area contributed by atoms with Gasteiger partial charge in [-0.3, -0.25) is 14.9 Å². The van der Waals surface area contributed by atoms with Crippen molar-refractivity contribution in [3.63, 3.8) is 0 Å². The van der Waals surface area contributed by atoms with E-state index in [2.05, 4.69) is 0 Å². The molecule has 1 heterocycles. The van der Waals surface area contributed by atoms with E-state index in [1.54, 1.807) is 37.3 Å². The van der Waals surface area contributed by atoms with Gasteiger partial charge in [0.05, 0.1) is 23.2 Å². The number of hydrogen-bond donors (Lipinski definition) is 0. The van der Waals surface area contributed by atoms with Crippen LogP contribution in [0.1, 0.15) is 31.8 Å². The third-order valence-corrected chi connectivity index (χ3v) is 4.95. The van der Waals surface area contributed by atoms with Crippen LogP contribution in [0, 0.1) is 17.0 Å². The Morgan fingerprint density at radius 3 is 2.53 bits per heavy atom. The molecule has 0 aromatic heterocycles. The summed E-state index contributed by atoms with van der Waals surface area (Å²) in [6.07, 6.45) is 1.51. The number of nitro groups is 1. The van der Waals surface area contributed by atoms with Gasteiger partial charge in [0.2, 0.25) is 5.78 Å². The van der Waals surface area contributed by atoms with E-state index in [1.165, 1.54) is 43.5 Å². The van der Waals surface area contributed by atoms with Gasteiger partial charge in [-0.05, 0) is 61.0 Å². The summed E-state index contributed by atoms with van der Waals surface area (Å²) in [5.41, 5.74) is 1.69. The first-order valence-electron chi connectivity index (χ1n) is 9.56. The van der Waals surface area contributed by atoms with Crippen molar-refractivity contribution in [2.75, 3.05) is 7.11 Å². The van der Waals surface area contributed by atoms with E-state index in [9.17, 15) is 19.7 Å². The zero-order chi connectivity index (χ0) is 22.8. The molecule has 3 aromatic carbocycles. The van der Waals surface area contributed by atoms with Crippen molar-refractivity contribution in [3.8, 4) is 17.2 Å². The molecular weight excluding hydrogens is 414 g/mol. The second-order valence-electron chi connectivity index (χ2n) is 6.98. The lowest BCUT2D eigenvalue weighted by Gasteiger charge is -2.10. The van der Waals surface area contributed by atoms with Crippen LogP contribution in [0.4, 0.5) is 5.69 Å². The zero-order valence-corrected chi connectivity index (χ0v) is 17.2. The van der Waals surface area contributed by atoms with Gasteiger partial charge in [-0.15, -0.1) is 0 Å². The first kappa shape index (κ1) is 20.8. The van der Waals surface area contributed by atoms with Crippen molar-refractivity contribution in [2.45, 2.75) is 6.92 Å². The van der Waals surface area contributed by atoms with E-state index in [0.29, 0.717) is 33.8 Å². The Labute approximate surface area is 182 Å². The Bertz CT molecular complexity index is 1280. The van der Waals surface area contributed by atoms with Crippen molar-refractivity contribution in [1.29, 1.82) is 0 Å². The fourth-order valence-electron chi connectivity index (χ4n) is 3.23. The predicted molar refractivity (Wildman–Crippen MR) is 115 cm³/mol. The Hall–Kier alpha value is -4.46. The summed E-state index contributed by atoms with van der Waals surface area (Å²) >= 11 is 0. The van der Waals surface area contributed by atoms with Crippen molar-refractivity contribution in [1.82, 2.24) is 0 Å². The van der Waals surface area contributed by atoms with Crippen LogP contribution in [0.25, 0.3) is 6.08 Å². The van der Waals surface area contributed by atoms with Crippen LogP contribution in [0.2, 0.25) is 0 Å². The minimum Gasteiger partial charge on any atom is -0.497 e. The Balaban J connectivity index is 1.58. The lowest BCUT2D eigenvalue weighted by Crippen LogP contribution is -2.09. The van der Waals surface area contributed by atoms with Gasteiger partial charge in [-0.2, -0.15) is 0 Å². The van der Waals surface area contributed by atoms with E-state index in [-0.39, 0.29) is 23.0 Å². The summed E-state index contributed by atoms with van der Waals surface area (Å²) in [7, 11) is 1.51. The molecule has 0 amide bonds. The van der Waals surface area contributed by atoms with Gasteiger partial charge >= 0.3 is 5.97 Å². The number of ether oxygens (including phenoxy) is 3. The summed E-state index contributed by atoms with van der Waals surface area (Å²) < 4.78 is 16.4. The third-order valence-electron chi connectivity index (χ3n) is 4.95. The number of nitrogens with zero attached hydrogens (tertiary/aromatic N) is 1. The van der Waals surface area contributed by atoms with E-state index in [0.717, 1.165) is 0 Å². The van der Waals surface area contributed by atoms with Crippen LogP contribution in [0.5, 0.6) is 17.2 Å². The summed E-state index contributed by atoms with van der Waals surface area (Å²) in [6, 6.07) is 15.4. The molecule has 0 aliphatic carbocycles. The minimum absolute atomic E-state index is 0.0487. The number of hydrogen-bond acceptors (Lipinski definition) is 7. The molecule has 8 nitrogen and oxygen atoms in total. The second-order valence-corrected chi connectivity index (χ2v) is 6.98. The Morgan fingerprint density at radius 2 is 1.84 bits per heavy atom. The average molecular weight is 431 g/mol. The lowest BCUT2D eigenvalue weighted by molar-refractivity contribution is -0.384. The fourth-order valence-corrected chi connectivity index (χ4v) is 3.23. The normalized spacial score (nSPS) is 13.4. The van der Waals surface area contributed by atoms with Crippen molar-refractivity contribution in [3.05, 3.63) is 98.8 Å². The van der Waals surface area contributed by atoms with Gasteiger partial charge in [0, 0.05) is 17.7 Å². The van der Waals surface area contributed by atoms with Crippen LogP contribution >= 0.6 is 0 Å². The van der Waals surface area contributed by atoms with Crippen LogP contribution < -0.4 is 14.2 Å². The van der Waals surface area contributed by atoms with Gasteiger partial charge in [0.15, 0.2) is 5.76 Å². The van der Waals surface area contributed by atoms with E-state index in [4.69, 9.17) is 14.2 Å². The summed E-state index contributed by atoms with van der Waals surface area (Å²) in [6.45, 7) is 1.69. The molecule has 8 heteroatoms. The first-order chi connectivity index (χ1) is 15.4. The maximum Gasteiger partial charge on any atom is 0.343 e. The summed E-state index contributed by atoms with van der Waals surface area (Å²) in [4.78, 5) is 35.6. The number of esters is 1. The second kappa shape index (κ2) is 8.35. The smallest absolute Gasteiger partial charge is 0.343 e. The molecule has 0 N–H and O–H groups in total. The molecule has 32 heavy (non-hydrogen) atoms. The molecule has 0 saturated heterocycles. The molecule has 1 aliphatic heterocycles. The molecule has 160 valence electrons. The maximum atomic E-state index is 12.7. The number of allylic oxidation sites excluding steroid dienone is 1. The number of carbonyl (C=O) groups is 2. The van der Waals surface area contributed by atoms with Crippen LogP contribution in [-0.4, -0.2) is 23.8 Å². The highest BCUT2D eigenvalue weighted by Gasteiger charge is 2.30. The number of fused-ring (bicyclic) bond motifs is 1. The quantitative estimate of drug-likeness (QED) is 0.189. The molecule has 0 atom stereocenters. The molecule has 0 radical (unpaired) electrons. The van der Waals surface area contributed by atoms with Gasteiger partial charge < -0.3 is 14.2 Å². The highest BCUT2D eigenvalue weighted by Crippen LogP contribution is 2.39.